The minimum Gasteiger partial charge on any atom is -0.398 e. The monoisotopic (exact) mass is 313 g/mol. The smallest absolute Gasteiger partial charge is 0.251 e. The number of benzene rings is 1. The van der Waals surface area contributed by atoms with E-state index in [1.165, 1.54) is 32.1 Å². The van der Waals surface area contributed by atoms with Gasteiger partial charge in [-0.15, -0.1) is 0 Å². The summed E-state index contributed by atoms with van der Waals surface area (Å²) in [6.45, 7) is 4.86. The number of nitrogen functional groups attached to an aromatic ring is 1. The molecule has 4 heteroatoms. The molecule has 1 aromatic carbocycles. The lowest BCUT2D eigenvalue weighted by molar-refractivity contribution is 0.0953. The van der Waals surface area contributed by atoms with Crippen LogP contribution in [0.5, 0.6) is 0 Å². The maximum atomic E-state index is 12.2. The number of pyridine rings is 1. The highest BCUT2D eigenvalue weighted by Gasteiger charge is 2.08. The topological polar surface area (TPSA) is 68.0 Å². The maximum absolute atomic E-state index is 12.2. The van der Waals surface area contributed by atoms with Gasteiger partial charge in [0.2, 0.25) is 0 Å². The Morgan fingerprint density at radius 2 is 1.87 bits per heavy atom. The normalized spacial score (nSPS) is 10.9. The molecule has 1 heterocycles. The van der Waals surface area contributed by atoms with Crippen molar-refractivity contribution in [2.45, 2.75) is 52.4 Å². The third-order valence-corrected chi connectivity index (χ3v) is 4.05. The summed E-state index contributed by atoms with van der Waals surface area (Å²) in [5.41, 5.74) is 9.05. The lowest BCUT2D eigenvalue weighted by Crippen LogP contribution is -2.24. The van der Waals surface area contributed by atoms with Crippen molar-refractivity contribution >= 4 is 22.5 Å². The van der Waals surface area contributed by atoms with E-state index in [4.69, 9.17) is 5.73 Å². The van der Waals surface area contributed by atoms with E-state index < -0.39 is 0 Å². The fourth-order valence-electron chi connectivity index (χ4n) is 2.74. The summed E-state index contributed by atoms with van der Waals surface area (Å²) in [5, 5.41) is 3.82. The number of aromatic nitrogens is 1. The van der Waals surface area contributed by atoms with E-state index in [2.05, 4.69) is 17.2 Å². The van der Waals surface area contributed by atoms with Gasteiger partial charge in [0.15, 0.2) is 0 Å². The fourth-order valence-corrected chi connectivity index (χ4v) is 2.74. The number of unbranched alkanes of at least 4 members (excludes halogenated alkanes) is 5. The van der Waals surface area contributed by atoms with E-state index in [-0.39, 0.29) is 5.91 Å². The standard InChI is InChI=1S/C19H27N3O/c1-3-4-5-6-7-8-11-21-19(23)15-9-10-18-16(13-15)17(20)12-14(2)22-18/h9-10,12-13H,3-8,11H2,1-2H3,(H2,20,22)(H,21,23). The Labute approximate surface area is 138 Å². The van der Waals surface area contributed by atoms with E-state index >= 15 is 0 Å². The number of hydrogen-bond acceptors (Lipinski definition) is 3. The van der Waals surface area contributed by atoms with Gasteiger partial charge in [0, 0.05) is 28.9 Å². The van der Waals surface area contributed by atoms with Gasteiger partial charge in [0.1, 0.15) is 0 Å². The summed E-state index contributed by atoms with van der Waals surface area (Å²) in [4.78, 5) is 16.7. The van der Waals surface area contributed by atoms with Gasteiger partial charge < -0.3 is 11.1 Å². The number of rotatable bonds is 8. The minimum absolute atomic E-state index is 0.0413. The van der Waals surface area contributed by atoms with Gasteiger partial charge in [-0.2, -0.15) is 0 Å². The van der Waals surface area contributed by atoms with Crippen molar-refractivity contribution in [2.75, 3.05) is 12.3 Å². The number of carbonyl (C=O) groups is 1. The second-order valence-corrected chi connectivity index (χ2v) is 6.11. The highest BCUT2D eigenvalue weighted by molar-refractivity contribution is 6.00. The molecule has 0 bridgehead atoms. The van der Waals surface area contributed by atoms with Crippen LogP contribution in [0.15, 0.2) is 24.3 Å². The molecule has 124 valence electrons. The second-order valence-electron chi connectivity index (χ2n) is 6.11. The van der Waals surface area contributed by atoms with Crippen LogP contribution in [-0.2, 0) is 0 Å². The van der Waals surface area contributed by atoms with Crippen molar-refractivity contribution in [3.05, 3.63) is 35.5 Å². The number of nitrogens with one attached hydrogen (secondary N) is 1. The summed E-state index contributed by atoms with van der Waals surface area (Å²) >= 11 is 0. The minimum atomic E-state index is -0.0413. The van der Waals surface area contributed by atoms with Gasteiger partial charge in [-0.05, 0) is 37.6 Å². The first-order valence-corrected chi connectivity index (χ1v) is 8.57. The largest absolute Gasteiger partial charge is 0.398 e. The van der Waals surface area contributed by atoms with Crippen LogP contribution in [0.4, 0.5) is 5.69 Å². The van der Waals surface area contributed by atoms with Crippen LogP contribution in [0.3, 0.4) is 0 Å². The molecule has 0 radical (unpaired) electrons. The number of nitrogens with zero attached hydrogens (tertiary/aromatic N) is 1. The summed E-state index contributed by atoms with van der Waals surface area (Å²) in [5.74, 6) is -0.0413. The van der Waals surface area contributed by atoms with Crippen LogP contribution in [-0.4, -0.2) is 17.4 Å². The van der Waals surface area contributed by atoms with Crippen molar-refractivity contribution in [3.8, 4) is 0 Å². The van der Waals surface area contributed by atoms with E-state index in [9.17, 15) is 4.79 Å². The molecule has 3 N–H and O–H groups in total. The first-order valence-electron chi connectivity index (χ1n) is 8.57. The predicted octanol–water partition coefficient (Wildman–Crippen LogP) is 4.22. The summed E-state index contributed by atoms with van der Waals surface area (Å²) in [6.07, 6.45) is 7.32. The summed E-state index contributed by atoms with van der Waals surface area (Å²) in [7, 11) is 0. The lowest BCUT2D eigenvalue weighted by Gasteiger charge is -2.08. The fraction of sp³-hybridized carbons (Fsp3) is 0.474. The summed E-state index contributed by atoms with van der Waals surface area (Å²) < 4.78 is 0. The molecule has 0 aliphatic carbocycles. The Kier molecular flexibility index (Phi) is 6.39. The quantitative estimate of drug-likeness (QED) is 0.717. The molecule has 0 aliphatic rings. The predicted molar refractivity (Wildman–Crippen MR) is 96.6 cm³/mol. The number of hydrogen-bond donors (Lipinski definition) is 2. The van der Waals surface area contributed by atoms with E-state index in [1.807, 2.05) is 31.2 Å². The molecule has 4 nitrogen and oxygen atoms in total. The van der Waals surface area contributed by atoms with Crippen LogP contribution in [0, 0.1) is 6.92 Å². The van der Waals surface area contributed by atoms with Gasteiger partial charge in [-0.25, -0.2) is 0 Å². The number of fused-ring (bicyclic) bond motifs is 1. The van der Waals surface area contributed by atoms with Crippen LogP contribution in [0.2, 0.25) is 0 Å². The molecule has 0 fully saturated rings. The van der Waals surface area contributed by atoms with Crippen molar-refractivity contribution in [1.29, 1.82) is 0 Å². The highest BCUT2D eigenvalue weighted by atomic mass is 16.1. The third kappa shape index (κ3) is 4.95. The summed E-state index contributed by atoms with van der Waals surface area (Å²) in [6, 6.07) is 7.33. The maximum Gasteiger partial charge on any atom is 0.251 e. The molecule has 0 atom stereocenters. The Balaban J connectivity index is 1.89. The Bertz CT molecular complexity index is 667. The molecular formula is C19H27N3O. The van der Waals surface area contributed by atoms with Crippen LogP contribution < -0.4 is 11.1 Å². The molecule has 1 aromatic heterocycles. The van der Waals surface area contributed by atoms with Crippen molar-refractivity contribution in [3.63, 3.8) is 0 Å². The van der Waals surface area contributed by atoms with E-state index in [0.717, 1.165) is 29.6 Å². The van der Waals surface area contributed by atoms with Crippen LogP contribution in [0.25, 0.3) is 10.9 Å². The molecule has 0 unspecified atom stereocenters. The van der Waals surface area contributed by atoms with Crippen LogP contribution in [0.1, 0.15) is 61.5 Å². The number of aryl methyl sites for hydroxylation is 1. The number of anilines is 1. The Hall–Kier alpha value is -2.10. The van der Waals surface area contributed by atoms with Gasteiger partial charge in [0.25, 0.3) is 5.91 Å². The molecular weight excluding hydrogens is 286 g/mol. The average Bonchev–Trinajstić information content (AvgIpc) is 2.53. The molecule has 2 aromatic rings. The average molecular weight is 313 g/mol. The second kappa shape index (κ2) is 8.51. The molecule has 0 saturated carbocycles. The first-order chi connectivity index (χ1) is 11.1. The number of carbonyl (C=O) groups excluding carboxylic acids is 1. The Morgan fingerprint density at radius 3 is 2.65 bits per heavy atom. The van der Waals surface area contributed by atoms with Gasteiger partial charge in [0.05, 0.1) is 5.52 Å². The number of amides is 1. The molecule has 1 amide bonds. The zero-order valence-electron chi connectivity index (χ0n) is 14.2. The molecule has 23 heavy (non-hydrogen) atoms. The van der Waals surface area contributed by atoms with Crippen molar-refractivity contribution in [1.82, 2.24) is 10.3 Å². The van der Waals surface area contributed by atoms with Gasteiger partial charge in [-0.3, -0.25) is 9.78 Å². The van der Waals surface area contributed by atoms with E-state index in [1.54, 1.807) is 0 Å². The SMILES string of the molecule is CCCCCCCCNC(=O)c1ccc2nc(C)cc(N)c2c1. The van der Waals surface area contributed by atoms with Crippen molar-refractivity contribution in [2.24, 2.45) is 0 Å². The van der Waals surface area contributed by atoms with Crippen molar-refractivity contribution < 1.29 is 4.79 Å². The molecule has 2 rings (SSSR count). The molecule has 0 spiro atoms. The highest BCUT2D eigenvalue weighted by Crippen LogP contribution is 2.21. The Morgan fingerprint density at radius 1 is 1.13 bits per heavy atom. The number of nitrogens with two attached hydrogens (primary N) is 1. The lowest BCUT2D eigenvalue weighted by atomic mass is 10.1. The van der Waals surface area contributed by atoms with Gasteiger partial charge >= 0.3 is 0 Å². The molecule has 0 aliphatic heterocycles. The molecule has 0 saturated heterocycles. The van der Waals surface area contributed by atoms with E-state index in [0.29, 0.717) is 11.3 Å². The van der Waals surface area contributed by atoms with Gasteiger partial charge in [-0.1, -0.05) is 39.0 Å². The third-order valence-electron chi connectivity index (χ3n) is 4.05. The zero-order valence-corrected chi connectivity index (χ0v) is 14.2. The first kappa shape index (κ1) is 17.3. The zero-order chi connectivity index (χ0) is 16.7. The van der Waals surface area contributed by atoms with Crippen LogP contribution >= 0.6 is 0 Å².